The van der Waals surface area contributed by atoms with E-state index in [1.54, 1.807) is 13.1 Å². The minimum atomic E-state index is -3.87. The minimum absolute atomic E-state index is 0. The number of halogens is 3. The summed E-state index contributed by atoms with van der Waals surface area (Å²) < 4.78 is 61.6. The molecule has 1 atom stereocenters. The van der Waals surface area contributed by atoms with Gasteiger partial charge in [0.1, 0.15) is 15.0 Å². The lowest BCUT2D eigenvalue weighted by Gasteiger charge is -2.33. The van der Waals surface area contributed by atoms with Gasteiger partial charge in [0.15, 0.2) is 5.65 Å². The highest BCUT2D eigenvalue weighted by Crippen LogP contribution is 2.37. The molecular weight excluding hydrogens is 643 g/mol. The smallest absolute Gasteiger partial charge is 0.285 e. The fourth-order valence-electron chi connectivity index (χ4n) is 3.51. The Morgan fingerprint density at radius 1 is 1.41 bits per heavy atom. The summed E-state index contributed by atoms with van der Waals surface area (Å²) in [4.78, 5) is 15.4. The predicted molar refractivity (Wildman–Crippen MR) is 154 cm³/mol. The van der Waals surface area contributed by atoms with Gasteiger partial charge in [-0.05, 0) is 44.5 Å². The Labute approximate surface area is 238 Å². The molecule has 2 fully saturated rings. The molecule has 2 aromatic rings. The number of hydrogen-bond acceptors (Lipinski definition) is 9. The number of nitrogens with zero attached hydrogens (tertiary/aromatic N) is 3. The van der Waals surface area contributed by atoms with Gasteiger partial charge in [0.05, 0.1) is 30.3 Å². The Balaban J connectivity index is 0.00000193. The predicted octanol–water partition coefficient (Wildman–Crippen LogP) is 3.16. The first-order valence-electron chi connectivity index (χ1n) is 11.1. The zero-order valence-corrected chi connectivity index (χ0v) is 24.4. The molecule has 0 spiro atoms. The van der Waals surface area contributed by atoms with Crippen molar-refractivity contribution in [2.45, 2.75) is 49.7 Å². The number of ether oxygens (including phenoxy) is 1. The van der Waals surface area contributed by atoms with Crippen LogP contribution >= 0.6 is 35.7 Å². The monoisotopic (exact) mass is 677 g/mol. The SMILES string of the molecule is CNC=O.C[C@@H]1CN(c2cc(S(=O)(=O)NC3(C)CC3)cn3c(C(=N)SC(=N)C(F)F)cnc23)CCO1.I.[HH].[HH]. The number of carbonyl (C=O) groups is 1. The molecule has 1 saturated heterocycles. The number of pyridine rings is 1. The van der Waals surface area contributed by atoms with Crippen molar-refractivity contribution in [1.82, 2.24) is 19.4 Å². The van der Waals surface area contributed by atoms with Gasteiger partial charge in [-0.25, -0.2) is 26.9 Å². The maximum atomic E-state index is 13.1. The highest BCUT2D eigenvalue weighted by atomic mass is 127. The molecule has 1 saturated carbocycles. The molecule has 1 aliphatic heterocycles. The lowest BCUT2D eigenvalue weighted by Crippen LogP contribution is -2.41. The molecule has 0 aromatic carbocycles. The molecule has 4 N–H and O–H groups in total. The van der Waals surface area contributed by atoms with E-state index in [-0.39, 0.29) is 48.6 Å². The molecule has 0 unspecified atom stereocenters. The Hall–Kier alpha value is -1.89. The zero-order valence-electron chi connectivity index (χ0n) is 20.5. The van der Waals surface area contributed by atoms with Crippen molar-refractivity contribution in [3.63, 3.8) is 0 Å². The molecule has 2 aliphatic rings. The summed E-state index contributed by atoms with van der Waals surface area (Å²) in [6.07, 6.45) is 1.74. The number of hydrogen-bond donors (Lipinski definition) is 4. The number of sulfonamides is 1. The van der Waals surface area contributed by atoms with Gasteiger partial charge < -0.3 is 15.0 Å². The lowest BCUT2D eigenvalue weighted by atomic mass is 10.2. The number of aromatic nitrogens is 2. The average molecular weight is 678 g/mol. The van der Waals surface area contributed by atoms with Gasteiger partial charge in [-0.2, -0.15) is 0 Å². The van der Waals surface area contributed by atoms with Gasteiger partial charge in [0.25, 0.3) is 6.43 Å². The van der Waals surface area contributed by atoms with Crippen LogP contribution in [0.5, 0.6) is 0 Å². The van der Waals surface area contributed by atoms with Crippen LogP contribution in [0.25, 0.3) is 5.65 Å². The van der Waals surface area contributed by atoms with Gasteiger partial charge in [-0.1, -0.05) is 0 Å². The number of amides is 1. The number of thioether (sulfide) groups is 1. The Bertz CT molecular complexity index is 1270. The molecule has 0 bridgehead atoms. The summed E-state index contributed by atoms with van der Waals surface area (Å²) in [5, 5.41) is 16.6. The van der Waals surface area contributed by atoms with Crippen LogP contribution in [0.4, 0.5) is 14.5 Å². The summed E-state index contributed by atoms with van der Waals surface area (Å²) in [5.74, 6) is 0. The van der Waals surface area contributed by atoms with Crippen LogP contribution in [-0.2, 0) is 19.6 Å². The average Bonchev–Trinajstić information content (AvgIpc) is 3.37. The first-order chi connectivity index (χ1) is 16.9. The Morgan fingerprint density at radius 3 is 2.59 bits per heavy atom. The van der Waals surface area contributed by atoms with Crippen LogP contribution in [0, 0.1) is 10.8 Å². The molecule has 0 radical (unpaired) electrons. The van der Waals surface area contributed by atoms with Crippen LogP contribution in [0.1, 0.15) is 35.2 Å². The van der Waals surface area contributed by atoms with Gasteiger partial charge >= 0.3 is 0 Å². The maximum absolute atomic E-state index is 13.1. The largest absolute Gasteiger partial charge is 0.375 e. The summed E-state index contributed by atoms with van der Waals surface area (Å²) in [5.41, 5.74) is 0.609. The van der Waals surface area contributed by atoms with Crippen LogP contribution in [0.3, 0.4) is 0 Å². The van der Waals surface area contributed by atoms with E-state index in [1.165, 1.54) is 16.8 Å². The molecule has 16 heteroatoms. The lowest BCUT2D eigenvalue weighted by molar-refractivity contribution is -0.109. The Morgan fingerprint density at radius 2 is 2.05 bits per heavy atom. The molecule has 3 heterocycles. The highest BCUT2D eigenvalue weighted by Gasteiger charge is 2.41. The van der Waals surface area contributed by atoms with E-state index in [0.29, 0.717) is 49.2 Å². The number of fused-ring (bicyclic) bond motifs is 1. The van der Waals surface area contributed by atoms with Crippen molar-refractivity contribution in [2.75, 3.05) is 31.6 Å². The van der Waals surface area contributed by atoms with E-state index >= 15 is 0 Å². The molecule has 1 amide bonds. The first-order valence-corrected chi connectivity index (χ1v) is 13.4. The van der Waals surface area contributed by atoms with E-state index in [1.807, 2.05) is 18.7 Å². The molecular formula is C21H34F2IN7O4S2. The van der Waals surface area contributed by atoms with Gasteiger partial charge in [0.2, 0.25) is 16.4 Å². The van der Waals surface area contributed by atoms with E-state index in [0.717, 1.165) is 12.8 Å². The number of morpholine rings is 1. The summed E-state index contributed by atoms with van der Waals surface area (Å²) in [6.45, 7) is 5.26. The van der Waals surface area contributed by atoms with Crippen molar-refractivity contribution >= 4 is 73.6 Å². The molecule has 210 valence electrons. The number of alkyl halides is 2. The highest BCUT2D eigenvalue weighted by molar-refractivity contribution is 14.0. The number of anilines is 1. The second-order valence-corrected chi connectivity index (χ2v) is 11.4. The molecule has 4 rings (SSSR count). The summed E-state index contributed by atoms with van der Waals surface area (Å²) in [7, 11) is -2.31. The van der Waals surface area contributed by atoms with Crippen LogP contribution in [0.2, 0.25) is 0 Å². The number of imidazole rings is 1. The third-order valence-corrected chi connectivity index (χ3v) is 8.01. The van der Waals surface area contributed by atoms with Crippen molar-refractivity contribution in [1.29, 1.82) is 10.8 Å². The van der Waals surface area contributed by atoms with E-state index < -0.39 is 27.0 Å². The van der Waals surface area contributed by atoms with E-state index in [2.05, 4.69) is 15.0 Å². The molecule has 37 heavy (non-hydrogen) atoms. The molecule has 1 aliphatic carbocycles. The van der Waals surface area contributed by atoms with Gasteiger partial charge in [-0.3, -0.25) is 20.0 Å². The normalized spacial score (nSPS) is 18.4. The van der Waals surface area contributed by atoms with E-state index in [9.17, 15) is 17.2 Å². The third-order valence-electron chi connectivity index (χ3n) is 5.59. The first kappa shape index (κ1) is 31.3. The van der Waals surface area contributed by atoms with Crippen LogP contribution in [-0.4, -0.2) is 79.1 Å². The van der Waals surface area contributed by atoms with Crippen LogP contribution in [0.15, 0.2) is 23.4 Å². The maximum Gasteiger partial charge on any atom is 0.285 e. The van der Waals surface area contributed by atoms with Crippen LogP contribution < -0.4 is 14.9 Å². The second-order valence-electron chi connectivity index (χ2n) is 8.69. The quantitative estimate of drug-likeness (QED) is 0.152. The Kier molecular flexibility index (Phi) is 10.8. The van der Waals surface area contributed by atoms with Crippen molar-refractivity contribution in [3.8, 4) is 0 Å². The zero-order chi connectivity index (χ0) is 26.7. The number of nitrogens with one attached hydrogen (secondary N) is 4. The second kappa shape index (κ2) is 12.8. The van der Waals surface area contributed by atoms with Crippen molar-refractivity contribution < 1.29 is 29.6 Å². The molecule has 2 aromatic heterocycles. The van der Waals surface area contributed by atoms with Gasteiger partial charge in [-0.15, -0.1) is 24.0 Å². The van der Waals surface area contributed by atoms with Crippen molar-refractivity contribution in [3.05, 3.63) is 24.2 Å². The number of rotatable bonds is 7. The standard InChI is InChI=1S/C19H24F2N6O3S2.C2H5NO.HI.2H2/c1-11-9-26(5-6-30-11)13-7-12(32(28,29)25-19(2)3-4-19)10-27-14(8-24-18(13)27)16(22)31-17(23)15(20)21;1-3-2-4;;;/h7-8,10-11,15,22-23,25H,3-6,9H2,1-2H3;2H,1H3,(H,3,4);3*1H/t11-;;;;/m1..../s1. The van der Waals surface area contributed by atoms with Crippen molar-refractivity contribution in [2.24, 2.45) is 0 Å². The fraction of sp³-hybridized carbons (Fsp3) is 0.524. The summed E-state index contributed by atoms with van der Waals surface area (Å²) >= 11 is 0.313. The summed E-state index contributed by atoms with van der Waals surface area (Å²) in [6, 6.07) is 1.55. The molecule has 11 nitrogen and oxygen atoms in total. The third kappa shape index (κ3) is 7.81. The number of carbonyl (C=O) groups excluding carboxylic acids is 1. The topological polar surface area (TPSA) is 153 Å². The van der Waals surface area contributed by atoms with Gasteiger partial charge in [0, 0.05) is 34.7 Å². The fourth-order valence-corrected chi connectivity index (χ4v) is 5.56. The van der Waals surface area contributed by atoms with E-state index in [4.69, 9.17) is 20.3 Å². The minimum Gasteiger partial charge on any atom is -0.375 e.